The number of aromatic nitrogens is 2. The van der Waals surface area contributed by atoms with E-state index in [1.807, 2.05) is 6.07 Å². The van der Waals surface area contributed by atoms with Gasteiger partial charge in [0.25, 0.3) is 0 Å². The molecule has 0 spiro atoms. The van der Waals surface area contributed by atoms with Crippen LogP contribution in [0.1, 0.15) is 31.2 Å². The first kappa shape index (κ1) is 20.1. The SMILES string of the molecule is O=C(NC1CCN(Cc2ccccc2)CC1)[C@@H]1CCCN(c2ccc(Cl)nn2)C1. The molecule has 2 aromatic rings. The fraction of sp³-hybridized carbons (Fsp3) is 0.500. The van der Waals surface area contributed by atoms with Crippen LogP contribution in [0.2, 0.25) is 5.15 Å². The summed E-state index contributed by atoms with van der Waals surface area (Å²) in [6, 6.07) is 14.5. The average Bonchev–Trinajstić information content (AvgIpc) is 2.76. The predicted octanol–water partition coefficient (Wildman–Crippen LogP) is 3.13. The van der Waals surface area contributed by atoms with Gasteiger partial charge in [-0.25, -0.2) is 0 Å². The number of rotatable bonds is 5. The van der Waals surface area contributed by atoms with E-state index in [1.54, 1.807) is 6.07 Å². The molecular formula is C22H28ClN5O. The van der Waals surface area contributed by atoms with E-state index in [0.29, 0.717) is 11.7 Å². The number of hydrogen-bond donors (Lipinski definition) is 1. The number of benzene rings is 1. The van der Waals surface area contributed by atoms with E-state index in [1.165, 1.54) is 5.56 Å². The summed E-state index contributed by atoms with van der Waals surface area (Å²) in [5.74, 6) is 0.975. The molecule has 2 aliphatic heterocycles. The number of carbonyl (C=O) groups excluding carboxylic acids is 1. The van der Waals surface area contributed by atoms with Crippen LogP contribution in [0.4, 0.5) is 5.82 Å². The molecule has 1 N–H and O–H groups in total. The number of nitrogens with zero attached hydrogens (tertiary/aromatic N) is 4. The van der Waals surface area contributed by atoms with Gasteiger partial charge in [-0.3, -0.25) is 9.69 Å². The Morgan fingerprint density at radius 1 is 1.03 bits per heavy atom. The van der Waals surface area contributed by atoms with E-state index in [2.05, 4.69) is 55.6 Å². The molecule has 0 radical (unpaired) electrons. The largest absolute Gasteiger partial charge is 0.354 e. The van der Waals surface area contributed by atoms with Gasteiger partial charge in [0.1, 0.15) is 0 Å². The molecular weight excluding hydrogens is 386 g/mol. The van der Waals surface area contributed by atoms with Crippen LogP contribution in [0.25, 0.3) is 0 Å². The first-order valence-corrected chi connectivity index (χ1v) is 10.9. The van der Waals surface area contributed by atoms with Crippen molar-refractivity contribution in [3.8, 4) is 0 Å². The van der Waals surface area contributed by atoms with E-state index in [9.17, 15) is 4.79 Å². The molecule has 29 heavy (non-hydrogen) atoms. The summed E-state index contributed by atoms with van der Waals surface area (Å²) in [5.41, 5.74) is 1.35. The molecule has 0 aliphatic carbocycles. The Hall–Kier alpha value is -2.18. The Kier molecular flexibility index (Phi) is 6.62. The summed E-state index contributed by atoms with van der Waals surface area (Å²) in [6.07, 6.45) is 3.93. The zero-order valence-electron chi connectivity index (χ0n) is 16.6. The molecule has 0 bridgehead atoms. The zero-order chi connectivity index (χ0) is 20.1. The normalized spacial score (nSPS) is 21.1. The second kappa shape index (κ2) is 9.55. The predicted molar refractivity (Wildman–Crippen MR) is 115 cm³/mol. The number of hydrogen-bond acceptors (Lipinski definition) is 5. The number of likely N-dealkylation sites (tertiary alicyclic amines) is 1. The summed E-state index contributed by atoms with van der Waals surface area (Å²) >= 11 is 5.83. The number of halogens is 1. The third kappa shape index (κ3) is 5.46. The van der Waals surface area contributed by atoms with Gasteiger partial charge in [0, 0.05) is 38.8 Å². The monoisotopic (exact) mass is 413 g/mol. The topological polar surface area (TPSA) is 61.4 Å². The van der Waals surface area contributed by atoms with Crippen molar-refractivity contribution in [2.24, 2.45) is 5.92 Å². The quantitative estimate of drug-likeness (QED) is 0.815. The number of carbonyl (C=O) groups is 1. The lowest BCUT2D eigenvalue weighted by Crippen LogP contribution is -2.49. The van der Waals surface area contributed by atoms with Crippen molar-refractivity contribution in [3.05, 3.63) is 53.2 Å². The second-order valence-electron chi connectivity index (χ2n) is 8.04. The Balaban J connectivity index is 1.24. The summed E-state index contributed by atoms with van der Waals surface area (Å²) in [5, 5.41) is 11.8. The highest BCUT2D eigenvalue weighted by Gasteiger charge is 2.29. The molecule has 1 amide bonds. The van der Waals surface area contributed by atoms with Gasteiger partial charge in [-0.2, -0.15) is 0 Å². The summed E-state index contributed by atoms with van der Waals surface area (Å²) in [6.45, 7) is 4.63. The van der Waals surface area contributed by atoms with E-state index < -0.39 is 0 Å². The van der Waals surface area contributed by atoms with Crippen LogP contribution in [0.3, 0.4) is 0 Å². The first-order valence-electron chi connectivity index (χ1n) is 10.5. The molecule has 1 atom stereocenters. The molecule has 2 aliphatic rings. The Morgan fingerprint density at radius 2 is 1.83 bits per heavy atom. The van der Waals surface area contributed by atoms with Crippen molar-refractivity contribution in [3.63, 3.8) is 0 Å². The van der Waals surface area contributed by atoms with Crippen LogP contribution >= 0.6 is 11.6 Å². The standard InChI is InChI=1S/C22H28ClN5O/c23-20-8-9-21(26-25-20)28-12-4-7-18(16-28)22(29)24-19-10-13-27(14-11-19)15-17-5-2-1-3-6-17/h1-3,5-6,8-9,18-19H,4,7,10-16H2,(H,24,29)/t18-/m1/s1. The van der Waals surface area contributed by atoms with Gasteiger partial charge in [0.15, 0.2) is 11.0 Å². The summed E-state index contributed by atoms with van der Waals surface area (Å²) in [4.78, 5) is 17.5. The van der Waals surface area contributed by atoms with Crippen molar-refractivity contribution in [2.45, 2.75) is 38.3 Å². The Bertz CT molecular complexity index is 793. The smallest absolute Gasteiger partial charge is 0.225 e. The molecule has 3 heterocycles. The molecule has 2 saturated heterocycles. The average molecular weight is 414 g/mol. The molecule has 6 nitrogen and oxygen atoms in total. The molecule has 2 fully saturated rings. The van der Waals surface area contributed by atoms with Gasteiger partial charge in [-0.05, 0) is 43.4 Å². The minimum atomic E-state index is 0.00331. The van der Waals surface area contributed by atoms with Gasteiger partial charge in [0.2, 0.25) is 5.91 Å². The molecule has 7 heteroatoms. The number of piperidine rings is 2. The third-order valence-electron chi connectivity index (χ3n) is 5.92. The van der Waals surface area contributed by atoms with Crippen LogP contribution in [-0.4, -0.2) is 53.2 Å². The van der Waals surface area contributed by atoms with Gasteiger partial charge >= 0.3 is 0 Å². The Labute approximate surface area is 177 Å². The molecule has 0 unspecified atom stereocenters. The maximum atomic E-state index is 12.9. The molecule has 4 rings (SSSR count). The van der Waals surface area contributed by atoms with Crippen LogP contribution < -0.4 is 10.2 Å². The van der Waals surface area contributed by atoms with Gasteiger partial charge in [-0.15, -0.1) is 10.2 Å². The van der Waals surface area contributed by atoms with Crippen molar-refractivity contribution in [1.82, 2.24) is 20.4 Å². The fourth-order valence-corrected chi connectivity index (χ4v) is 4.37. The maximum absolute atomic E-state index is 12.9. The highest BCUT2D eigenvalue weighted by Crippen LogP contribution is 2.23. The van der Waals surface area contributed by atoms with E-state index in [4.69, 9.17) is 11.6 Å². The van der Waals surface area contributed by atoms with Crippen molar-refractivity contribution in [2.75, 3.05) is 31.1 Å². The van der Waals surface area contributed by atoms with E-state index in [-0.39, 0.29) is 17.9 Å². The van der Waals surface area contributed by atoms with Crippen LogP contribution in [0, 0.1) is 5.92 Å². The first-order chi connectivity index (χ1) is 14.2. The minimum Gasteiger partial charge on any atom is -0.354 e. The van der Waals surface area contributed by atoms with Crippen LogP contribution in [0.15, 0.2) is 42.5 Å². The second-order valence-corrected chi connectivity index (χ2v) is 8.43. The minimum absolute atomic E-state index is 0.00331. The van der Waals surface area contributed by atoms with Crippen molar-refractivity contribution >= 4 is 23.3 Å². The lowest BCUT2D eigenvalue weighted by molar-refractivity contribution is -0.126. The lowest BCUT2D eigenvalue weighted by atomic mass is 9.95. The molecule has 1 aromatic carbocycles. The maximum Gasteiger partial charge on any atom is 0.225 e. The molecule has 1 aromatic heterocycles. The number of nitrogens with one attached hydrogen (secondary N) is 1. The van der Waals surface area contributed by atoms with Crippen LogP contribution in [0.5, 0.6) is 0 Å². The molecule has 154 valence electrons. The zero-order valence-corrected chi connectivity index (χ0v) is 17.4. The Morgan fingerprint density at radius 3 is 2.55 bits per heavy atom. The molecule has 0 saturated carbocycles. The van der Waals surface area contributed by atoms with E-state index >= 15 is 0 Å². The number of anilines is 1. The van der Waals surface area contributed by atoms with Gasteiger partial charge in [-0.1, -0.05) is 41.9 Å². The number of amides is 1. The third-order valence-corrected chi connectivity index (χ3v) is 6.12. The summed E-state index contributed by atoms with van der Waals surface area (Å²) in [7, 11) is 0. The fourth-order valence-electron chi connectivity index (χ4n) is 4.27. The highest BCUT2D eigenvalue weighted by atomic mass is 35.5. The highest BCUT2D eigenvalue weighted by molar-refractivity contribution is 6.29. The van der Waals surface area contributed by atoms with E-state index in [0.717, 1.165) is 57.7 Å². The van der Waals surface area contributed by atoms with Gasteiger partial charge < -0.3 is 10.2 Å². The lowest BCUT2D eigenvalue weighted by Gasteiger charge is -2.35. The van der Waals surface area contributed by atoms with Gasteiger partial charge in [0.05, 0.1) is 5.92 Å². The van der Waals surface area contributed by atoms with Crippen molar-refractivity contribution in [1.29, 1.82) is 0 Å². The van der Waals surface area contributed by atoms with Crippen LogP contribution in [-0.2, 0) is 11.3 Å². The van der Waals surface area contributed by atoms with Crippen molar-refractivity contribution < 1.29 is 4.79 Å². The summed E-state index contributed by atoms with van der Waals surface area (Å²) < 4.78 is 0.